The lowest BCUT2D eigenvalue weighted by molar-refractivity contribution is -0.688. The van der Waals surface area contributed by atoms with Gasteiger partial charge in [-0.25, -0.2) is 4.57 Å². The van der Waals surface area contributed by atoms with Crippen LogP contribution in [0.3, 0.4) is 0 Å². The van der Waals surface area contributed by atoms with E-state index in [0.717, 1.165) is 16.7 Å². The van der Waals surface area contributed by atoms with E-state index in [2.05, 4.69) is 0 Å². The van der Waals surface area contributed by atoms with Gasteiger partial charge in [-0.1, -0.05) is 30.4 Å². The molecule has 0 aliphatic rings. The van der Waals surface area contributed by atoms with E-state index in [1.54, 1.807) is 30.3 Å². The van der Waals surface area contributed by atoms with Gasteiger partial charge in [-0.3, -0.25) is 10.1 Å². The van der Waals surface area contributed by atoms with Gasteiger partial charge >= 0.3 is 0 Å². The van der Waals surface area contributed by atoms with Crippen molar-refractivity contribution >= 4 is 17.8 Å². The quantitative estimate of drug-likeness (QED) is 0.410. The third-order valence-electron chi connectivity index (χ3n) is 4.08. The van der Waals surface area contributed by atoms with Crippen molar-refractivity contribution in [3.8, 4) is 11.5 Å². The van der Waals surface area contributed by atoms with Crippen molar-refractivity contribution in [2.24, 2.45) is 0 Å². The van der Waals surface area contributed by atoms with Gasteiger partial charge in [-0.05, 0) is 23.3 Å². The number of ether oxygens (including phenoxy) is 1. The van der Waals surface area contributed by atoms with Gasteiger partial charge in [-0.15, -0.1) is 0 Å². The van der Waals surface area contributed by atoms with Gasteiger partial charge in [0.25, 0.3) is 5.69 Å². The molecule has 0 saturated heterocycles. The minimum atomic E-state index is -0.389. The highest BCUT2D eigenvalue weighted by molar-refractivity contribution is 5.70. The highest BCUT2D eigenvalue weighted by Crippen LogP contribution is 2.27. The van der Waals surface area contributed by atoms with Crippen LogP contribution in [0.2, 0.25) is 0 Å². The molecule has 1 N–H and O–H groups in total. The molecule has 27 heavy (non-hydrogen) atoms. The lowest BCUT2D eigenvalue weighted by Crippen LogP contribution is -2.33. The van der Waals surface area contributed by atoms with Crippen LogP contribution in [0.5, 0.6) is 11.5 Å². The Morgan fingerprint density at radius 3 is 2.52 bits per heavy atom. The van der Waals surface area contributed by atoms with Crippen LogP contribution in [0, 0.1) is 10.1 Å². The van der Waals surface area contributed by atoms with Crippen molar-refractivity contribution < 1.29 is 19.3 Å². The monoisotopic (exact) mass is 363 g/mol. The first-order chi connectivity index (χ1) is 13.0. The molecule has 0 amide bonds. The maximum absolute atomic E-state index is 10.9. The molecule has 0 spiro atoms. The summed E-state index contributed by atoms with van der Waals surface area (Å²) in [6, 6.07) is 15.7. The largest absolute Gasteiger partial charge is 0.504 e. The standard InChI is InChI=1S/C21H18N2O4/c1-27-21-14-17(7-8-20(21)24)6-5-16-9-11-22(12-10-16)15-18-3-2-4-19(13-18)23(25)26/h2-14H,15H2,1H3/p+1. The molecule has 6 heteroatoms. The first kappa shape index (κ1) is 18.1. The Bertz CT molecular complexity index is 982. The van der Waals surface area contributed by atoms with E-state index in [-0.39, 0.29) is 16.4 Å². The molecule has 3 rings (SSSR count). The minimum absolute atomic E-state index is 0.0944. The van der Waals surface area contributed by atoms with Crippen LogP contribution in [0.15, 0.2) is 67.0 Å². The zero-order valence-corrected chi connectivity index (χ0v) is 14.8. The van der Waals surface area contributed by atoms with E-state index in [9.17, 15) is 15.2 Å². The third-order valence-corrected chi connectivity index (χ3v) is 4.08. The third kappa shape index (κ3) is 4.70. The van der Waals surface area contributed by atoms with Crippen LogP contribution in [0.4, 0.5) is 5.69 Å². The zero-order chi connectivity index (χ0) is 19.2. The summed E-state index contributed by atoms with van der Waals surface area (Å²) in [7, 11) is 1.51. The summed E-state index contributed by atoms with van der Waals surface area (Å²) in [5.41, 5.74) is 2.89. The molecule has 0 unspecified atom stereocenters. The molecule has 0 fully saturated rings. The zero-order valence-electron chi connectivity index (χ0n) is 14.8. The van der Waals surface area contributed by atoms with Gasteiger partial charge in [0.05, 0.1) is 12.0 Å². The van der Waals surface area contributed by atoms with E-state index in [1.165, 1.54) is 13.2 Å². The number of benzene rings is 2. The molecular formula is C21H19N2O4+. The molecule has 6 nitrogen and oxygen atoms in total. The number of nitrogens with zero attached hydrogens (tertiary/aromatic N) is 2. The number of pyridine rings is 1. The van der Waals surface area contributed by atoms with Crippen molar-refractivity contribution in [3.05, 3.63) is 93.8 Å². The van der Waals surface area contributed by atoms with E-state index >= 15 is 0 Å². The first-order valence-corrected chi connectivity index (χ1v) is 8.33. The predicted octanol–water partition coefficient (Wildman–Crippen LogP) is 3.82. The lowest BCUT2D eigenvalue weighted by Gasteiger charge is -2.03. The average Bonchev–Trinajstić information content (AvgIpc) is 2.68. The van der Waals surface area contributed by atoms with Crippen molar-refractivity contribution in [1.82, 2.24) is 0 Å². The van der Waals surface area contributed by atoms with Crippen LogP contribution in [-0.2, 0) is 6.54 Å². The fraction of sp³-hybridized carbons (Fsp3) is 0.0952. The topological polar surface area (TPSA) is 76.5 Å². The number of rotatable bonds is 6. The molecule has 0 saturated carbocycles. The smallest absolute Gasteiger partial charge is 0.269 e. The lowest BCUT2D eigenvalue weighted by atomic mass is 10.1. The second-order valence-corrected chi connectivity index (χ2v) is 6.00. The number of nitro groups is 1. The number of methoxy groups -OCH3 is 1. The Hall–Kier alpha value is -3.67. The Kier molecular flexibility index (Phi) is 5.47. The van der Waals surface area contributed by atoms with Gasteiger partial charge in [0.1, 0.15) is 0 Å². The number of phenols is 1. The van der Waals surface area contributed by atoms with Gasteiger partial charge in [0.2, 0.25) is 0 Å². The molecule has 136 valence electrons. The number of hydrogen-bond acceptors (Lipinski definition) is 4. The van der Waals surface area contributed by atoms with Crippen LogP contribution in [0.1, 0.15) is 16.7 Å². The molecule has 1 aromatic heterocycles. The van der Waals surface area contributed by atoms with Gasteiger partial charge < -0.3 is 9.84 Å². The first-order valence-electron chi connectivity index (χ1n) is 8.33. The molecular weight excluding hydrogens is 344 g/mol. The van der Waals surface area contributed by atoms with E-state index in [1.807, 2.05) is 47.3 Å². The summed E-state index contributed by atoms with van der Waals surface area (Å²) < 4.78 is 7.06. The normalized spacial score (nSPS) is 10.9. The minimum Gasteiger partial charge on any atom is -0.504 e. The summed E-state index contributed by atoms with van der Waals surface area (Å²) in [6.45, 7) is 0.556. The van der Waals surface area contributed by atoms with Crippen LogP contribution in [-0.4, -0.2) is 17.1 Å². The summed E-state index contributed by atoms with van der Waals surface area (Å²) in [4.78, 5) is 10.5. The van der Waals surface area contributed by atoms with Crippen LogP contribution in [0.25, 0.3) is 12.2 Å². The number of phenolic OH excluding ortho intramolecular Hbond substituents is 1. The molecule has 3 aromatic rings. The number of non-ortho nitro benzene ring substituents is 1. The second kappa shape index (κ2) is 8.14. The van der Waals surface area contributed by atoms with Crippen molar-refractivity contribution in [1.29, 1.82) is 0 Å². The maximum Gasteiger partial charge on any atom is 0.269 e. The number of nitro benzene ring substituents is 1. The van der Waals surface area contributed by atoms with Gasteiger partial charge in [0.15, 0.2) is 30.4 Å². The van der Waals surface area contributed by atoms with Gasteiger partial charge in [0, 0.05) is 29.8 Å². The summed E-state index contributed by atoms with van der Waals surface area (Å²) in [5.74, 6) is 0.538. The Balaban J connectivity index is 1.70. The average molecular weight is 363 g/mol. The predicted molar refractivity (Wildman–Crippen MR) is 102 cm³/mol. The molecule has 0 aliphatic heterocycles. The van der Waals surface area contributed by atoms with Crippen LogP contribution < -0.4 is 9.30 Å². The van der Waals surface area contributed by atoms with Crippen molar-refractivity contribution in [2.45, 2.75) is 6.54 Å². The van der Waals surface area contributed by atoms with Gasteiger partial charge in [-0.2, -0.15) is 0 Å². The molecule has 1 heterocycles. The number of aromatic hydroxyl groups is 1. The Morgan fingerprint density at radius 1 is 1.07 bits per heavy atom. The maximum atomic E-state index is 10.9. The van der Waals surface area contributed by atoms with Crippen LogP contribution >= 0.6 is 0 Å². The van der Waals surface area contributed by atoms with E-state index in [0.29, 0.717) is 12.3 Å². The fourth-order valence-electron chi connectivity index (χ4n) is 2.65. The second-order valence-electron chi connectivity index (χ2n) is 6.00. The Labute approximate surface area is 156 Å². The molecule has 0 radical (unpaired) electrons. The van der Waals surface area contributed by atoms with E-state index < -0.39 is 0 Å². The SMILES string of the molecule is COc1cc(/C=C/c2cc[n+](Cc3cccc([N+](=O)[O-])c3)cc2)ccc1O. The Morgan fingerprint density at radius 2 is 1.81 bits per heavy atom. The van der Waals surface area contributed by atoms with Crippen molar-refractivity contribution in [3.63, 3.8) is 0 Å². The highest BCUT2D eigenvalue weighted by Gasteiger charge is 2.09. The fourth-order valence-corrected chi connectivity index (χ4v) is 2.65. The summed E-state index contributed by atoms with van der Waals surface area (Å²) in [5, 5.41) is 20.5. The molecule has 2 aromatic carbocycles. The highest BCUT2D eigenvalue weighted by atomic mass is 16.6. The number of hydrogen-bond donors (Lipinski definition) is 1. The summed E-state index contributed by atoms with van der Waals surface area (Å²) in [6.07, 6.45) is 7.75. The number of aromatic nitrogens is 1. The molecule has 0 atom stereocenters. The molecule has 0 aliphatic carbocycles. The van der Waals surface area contributed by atoms with Crippen molar-refractivity contribution in [2.75, 3.05) is 7.11 Å². The summed E-state index contributed by atoms with van der Waals surface area (Å²) >= 11 is 0. The molecule has 0 bridgehead atoms. The van der Waals surface area contributed by atoms with E-state index in [4.69, 9.17) is 4.74 Å².